The zero-order valence-electron chi connectivity index (χ0n) is 10.8. The van der Waals surface area contributed by atoms with Gasteiger partial charge in [-0.05, 0) is 25.2 Å². The van der Waals surface area contributed by atoms with Crippen molar-refractivity contribution in [1.82, 2.24) is 10.2 Å². The van der Waals surface area contributed by atoms with Gasteiger partial charge in [-0.1, -0.05) is 32.0 Å². The van der Waals surface area contributed by atoms with E-state index in [1.807, 2.05) is 30.3 Å². The molecule has 0 aliphatic heterocycles. The molecular weight excluding hydrogens is 214 g/mol. The topological polar surface area (TPSA) is 35.6 Å². The molecule has 4 heteroatoms. The minimum absolute atomic E-state index is 0.0805. The summed E-state index contributed by atoms with van der Waals surface area (Å²) in [7, 11) is 1.77. The van der Waals surface area contributed by atoms with Crippen molar-refractivity contribution >= 4 is 11.7 Å². The van der Waals surface area contributed by atoms with E-state index in [1.165, 1.54) is 0 Å². The first-order valence-corrected chi connectivity index (χ1v) is 5.98. The van der Waals surface area contributed by atoms with Gasteiger partial charge in [0.1, 0.15) is 0 Å². The van der Waals surface area contributed by atoms with Gasteiger partial charge in [-0.2, -0.15) is 0 Å². The minimum Gasteiger partial charge on any atom is -0.325 e. The zero-order chi connectivity index (χ0) is 12.7. The summed E-state index contributed by atoms with van der Waals surface area (Å²) < 4.78 is 0. The number of benzene rings is 1. The maximum atomic E-state index is 11.9. The Labute approximate surface area is 103 Å². The number of carbonyl (C=O) groups excluding carboxylic acids is 1. The Morgan fingerprint density at radius 3 is 2.29 bits per heavy atom. The fourth-order valence-electron chi connectivity index (χ4n) is 1.51. The zero-order valence-corrected chi connectivity index (χ0v) is 10.8. The minimum atomic E-state index is -0.0805. The van der Waals surface area contributed by atoms with Gasteiger partial charge in [0, 0.05) is 12.7 Å². The van der Waals surface area contributed by atoms with E-state index in [0.717, 1.165) is 18.8 Å². The van der Waals surface area contributed by atoms with Crippen LogP contribution in [0.1, 0.15) is 13.8 Å². The Morgan fingerprint density at radius 2 is 1.76 bits per heavy atom. The molecule has 0 bridgehead atoms. The molecule has 1 aromatic carbocycles. The van der Waals surface area contributed by atoms with Crippen molar-refractivity contribution in [3.05, 3.63) is 30.3 Å². The molecule has 1 rings (SSSR count). The molecule has 0 fully saturated rings. The molecule has 94 valence electrons. The lowest BCUT2D eigenvalue weighted by atomic mass is 10.3. The van der Waals surface area contributed by atoms with E-state index in [2.05, 4.69) is 24.1 Å². The number of urea groups is 1. The Bertz CT molecular complexity index is 336. The molecule has 0 atom stereocenters. The van der Waals surface area contributed by atoms with Gasteiger partial charge < -0.3 is 5.32 Å². The van der Waals surface area contributed by atoms with Crippen molar-refractivity contribution in [3.63, 3.8) is 0 Å². The summed E-state index contributed by atoms with van der Waals surface area (Å²) >= 11 is 0. The van der Waals surface area contributed by atoms with Gasteiger partial charge in [0.05, 0.1) is 6.67 Å². The van der Waals surface area contributed by atoms with Crippen LogP contribution in [0.5, 0.6) is 0 Å². The van der Waals surface area contributed by atoms with E-state index in [9.17, 15) is 4.79 Å². The summed E-state index contributed by atoms with van der Waals surface area (Å²) in [5, 5.41) is 2.90. The van der Waals surface area contributed by atoms with E-state index < -0.39 is 0 Å². The predicted octanol–water partition coefficient (Wildman–Crippen LogP) is 2.13. The number of rotatable bonds is 5. The molecule has 0 aliphatic carbocycles. The highest BCUT2D eigenvalue weighted by molar-refractivity contribution is 5.91. The number of amides is 2. The van der Waals surface area contributed by atoms with Crippen LogP contribution in [0.25, 0.3) is 0 Å². The molecule has 17 heavy (non-hydrogen) atoms. The molecule has 1 aromatic rings. The van der Waals surface area contributed by atoms with Crippen LogP contribution >= 0.6 is 0 Å². The van der Waals surface area contributed by atoms with Crippen LogP contribution in [-0.4, -0.2) is 37.7 Å². The van der Waals surface area contributed by atoms with Gasteiger partial charge >= 0.3 is 6.03 Å². The third-order valence-electron chi connectivity index (χ3n) is 2.80. The standard InChI is InChI=1S/C13H21N3O/c1-4-16(5-2)11-14-13(17)15(3)12-9-7-6-8-10-12/h6-10H,4-5,11H2,1-3H3,(H,14,17). The summed E-state index contributed by atoms with van der Waals surface area (Å²) in [6.45, 7) is 6.62. The molecule has 0 radical (unpaired) electrons. The SMILES string of the molecule is CCN(CC)CNC(=O)N(C)c1ccccc1. The molecule has 2 amide bonds. The second-order valence-corrected chi connectivity index (χ2v) is 3.84. The lowest BCUT2D eigenvalue weighted by molar-refractivity contribution is 0.231. The van der Waals surface area contributed by atoms with E-state index in [-0.39, 0.29) is 6.03 Å². The maximum absolute atomic E-state index is 11.9. The fourth-order valence-corrected chi connectivity index (χ4v) is 1.51. The number of nitrogens with zero attached hydrogens (tertiary/aromatic N) is 2. The van der Waals surface area contributed by atoms with E-state index in [1.54, 1.807) is 11.9 Å². The van der Waals surface area contributed by atoms with Gasteiger partial charge in [0.15, 0.2) is 0 Å². The average molecular weight is 235 g/mol. The average Bonchev–Trinajstić information content (AvgIpc) is 2.39. The van der Waals surface area contributed by atoms with Crippen molar-refractivity contribution in [2.75, 3.05) is 31.7 Å². The van der Waals surface area contributed by atoms with Crippen molar-refractivity contribution < 1.29 is 4.79 Å². The van der Waals surface area contributed by atoms with E-state index in [4.69, 9.17) is 0 Å². The molecule has 0 saturated carbocycles. The third-order valence-corrected chi connectivity index (χ3v) is 2.80. The van der Waals surface area contributed by atoms with Crippen LogP contribution in [0.15, 0.2) is 30.3 Å². The van der Waals surface area contributed by atoms with Crippen LogP contribution in [0, 0.1) is 0 Å². The molecule has 0 spiro atoms. The van der Waals surface area contributed by atoms with E-state index >= 15 is 0 Å². The molecule has 1 N–H and O–H groups in total. The van der Waals surface area contributed by atoms with Gasteiger partial charge in [0.2, 0.25) is 0 Å². The van der Waals surface area contributed by atoms with Gasteiger partial charge in [-0.3, -0.25) is 9.80 Å². The van der Waals surface area contributed by atoms with Crippen molar-refractivity contribution in [2.24, 2.45) is 0 Å². The van der Waals surface area contributed by atoms with Crippen molar-refractivity contribution in [1.29, 1.82) is 0 Å². The largest absolute Gasteiger partial charge is 0.325 e. The lowest BCUT2D eigenvalue weighted by Gasteiger charge is -2.22. The second kappa shape index (κ2) is 6.91. The number of nitrogens with one attached hydrogen (secondary N) is 1. The summed E-state index contributed by atoms with van der Waals surface area (Å²) in [5.74, 6) is 0. The smallest absolute Gasteiger partial charge is 0.322 e. The Balaban J connectivity index is 2.48. The van der Waals surface area contributed by atoms with Crippen LogP contribution < -0.4 is 10.2 Å². The van der Waals surface area contributed by atoms with Gasteiger partial charge in [0.25, 0.3) is 0 Å². The molecule has 0 aliphatic rings. The number of anilines is 1. The first-order chi connectivity index (χ1) is 8.19. The van der Waals surface area contributed by atoms with Crippen molar-refractivity contribution in [3.8, 4) is 0 Å². The molecular formula is C13H21N3O. The highest BCUT2D eigenvalue weighted by Gasteiger charge is 2.10. The number of carbonyl (C=O) groups is 1. The molecule has 0 saturated heterocycles. The Morgan fingerprint density at radius 1 is 1.18 bits per heavy atom. The van der Waals surface area contributed by atoms with Crippen LogP contribution in [0.2, 0.25) is 0 Å². The Kier molecular flexibility index (Phi) is 5.49. The summed E-state index contributed by atoms with van der Waals surface area (Å²) in [5.41, 5.74) is 0.893. The van der Waals surface area contributed by atoms with E-state index in [0.29, 0.717) is 6.67 Å². The quantitative estimate of drug-likeness (QED) is 0.794. The van der Waals surface area contributed by atoms with Crippen molar-refractivity contribution in [2.45, 2.75) is 13.8 Å². The lowest BCUT2D eigenvalue weighted by Crippen LogP contribution is -2.43. The molecule has 0 heterocycles. The van der Waals surface area contributed by atoms with Gasteiger partial charge in [-0.15, -0.1) is 0 Å². The molecule has 0 unspecified atom stereocenters. The van der Waals surface area contributed by atoms with Gasteiger partial charge in [-0.25, -0.2) is 4.79 Å². The van der Waals surface area contributed by atoms with Crippen LogP contribution in [-0.2, 0) is 0 Å². The predicted molar refractivity (Wildman–Crippen MR) is 71.2 cm³/mol. The highest BCUT2D eigenvalue weighted by atomic mass is 16.2. The maximum Gasteiger partial charge on any atom is 0.322 e. The number of para-hydroxylation sites is 1. The summed E-state index contributed by atoms with van der Waals surface area (Å²) in [6.07, 6.45) is 0. The summed E-state index contributed by atoms with van der Waals surface area (Å²) in [6, 6.07) is 9.52. The number of hydrogen-bond donors (Lipinski definition) is 1. The first kappa shape index (κ1) is 13.5. The Hall–Kier alpha value is -1.55. The third kappa shape index (κ3) is 4.07. The first-order valence-electron chi connectivity index (χ1n) is 5.98. The summed E-state index contributed by atoms with van der Waals surface area (Å²) in [4.78, 5) is 15.6. The molecule has 0 aromatic heterocycles. The normalized spacial score (nSPS) is 10.4. The van der Waals surface area contributed by atoms with Crippen LogP contribution in [0.4, 0.5) is 10.5 Å². The van der Waals surface area contributed by atoms with Crippen LogP contribution in [0.3, 0.4) is 0 Å². The highest BCUT2D eigenvalue weighted by Crippen LogP contribution is 2.10. The monoisotopic (exact) mass is 235 g/mol. The molecule has 4 nitrogen and oxygen atoms in total. The number of hydrogen-bond acceptors (Lipinski definition) is 2. The fraction of sp³-hybridized carbons (Fsp3) is 0.462. The second-order valence-electron chi connectivity index (χ2n) is 3.84.